The van der Waals surface area contributed by atoms with Gasteiger partial charge >= 0.3 is 6.03 Å². The van der Waals surface area contributed by atoms with E-state index in [1.165, 1.54) is 10.9 Å². The fraction of sp³-hybridized carbons (Fsp3) is 0.294. The van der Waals surface area contributed by atoms with Crippen LogP contribution >= 0.6 is 23.2 Å². The second kappa shape index (κ2) is 6.74. The lowest BCUT2D eigenvalue weighted by Gasteiger charge is -2.17. The highest BCUT2D eigenvalue weighted by Crippen LogP contribution is 2.25. The van der Waals surface area contributed by atoms with E-state index in [1.807, 2.05) is 13.0 Å². The molecule has 0 bridgehead atoms. The summed E-state index contributed by atoms with van der Waals surface area (Å²) in [6.07, 6.45) is 1.83. The number of carbonyl (C=O) groups is 2. The normalized spacial score (nSPS) is 20.3. The lowest BCUT2D eigenvalue weighted by atomic mass is 10.00. The van der Waals surface area contributed by atoms with Crippen molar-refractivity contribution in [2.75, 3.05) is 0 Å². The zero-order chi connectivity index (χ0) is 19.1. The maximum atomic E-state index is 12.4. The van der Waals surface area contributed by atoms with Gasteiger partial charge in [-0.15, -0.1) is 5.01 Å². The highest BCUT2D eigenvalue weighted by molar-refractivity contribution is 6.32. The van der Waals surface area contributed by atoms with E-state index in [4.69, 9.17) is 23.2 Å². The smallest absolute Gasteiger partial charge is 0.322 e. The molecule has 9 heteroatoms. The van der Waals surface area contributed by atoms with Crippen molar-refractivity contribution in [1.29, 1.82) is 0 Å². The minimum atomic E-state index is -0.946. The van der Waals surface area contributed by atoms with Crippen LogP contribution < -0.4 is 5.32 Å². The second-order valence-corrected chi connectivity index (χ2v) is 6.95. The Morgan fingerprint density at radius 3 is 2.69 bits per heavy atom. The average Bonchev–Trinajstić information content (AvgIpc) is 3.00. The van der Waals surface area contributed by atoms with Crippen LogP contribution in [-0.4, -0.2) is 38.5 Å². The summed E-state index contributed by atoms with van der Waals surface area (Å²) in [5.74, 6) is -0.405. The molecule has 1 saturated heterocycles. The number of rotatable bonds is 4. The Morgan fingerprint density at radius 1 is 1.35 bits per heavy atom. The molecule has 7 nitrogen and oxygen atoms in total. The van der Waals surface area contributed by atoms with Crippen LogP contribution in [-0.2, 0) is 4.79 Å². The van der Waals surface area contributed by atoms with Gasteiger partial charge in [0, 0.05) is 5.02 Å². The van der Waals surface area contributed by atoms with E-state index in [0.29, 0.717) is 33.5 Å². The zero-order valence-corrected chi connectivity index (χ0v) is 16.0. The monoisotopic (exact) mass is 393 g/mol. The Labute approximate surface area is 160 Å². The van der Waals surface area contributed by atoms with Crippen LogP contribution in [0.4, 0.5) is 4.79 Å². The largest absolute Gasteiger partial charge is 0.346 e. The number of benzene rings is 1. The number of imide groups is 1. The minimum absolute atomic E-state index is 0.304. The number of carbonyl (C=O) groups excluding carboxylic acids is 2. The van der Waals surface area contributed by atoms with Crippen molar-refractivity contribution >= 4 is 41.4 Å². The lowest BCUT2D eigenvalue weighted by molar-refractivity contribution is -0.130. The van der Waals surface area contributed by atoms with E-state index in [0.717, 1.165) is 5.01 Å². The Kier molecular flexibility index (Phi) is 4.77. The molecular formula is C17H17Cl2N5O2. The highest BCUT2D eigenvalue weighted by Gasteiger charge is 2.46. The topological polar surface area (TPSA) is 79.6 Å². The summed E-state index contributed by atoms with van der Waals surface area (Å²) >= 11 is 12.4. The number of hydrazone groups is 1. The molecule has 1 atom stereocenters. The van der Waals surface area contributed by atoms with E-state index < -0.39 is 17.5 Å². The van der Waals surface area contributed by atoms with Gasteiger partial charge in [0.25, 0.3) is 5.91 Å². The highest BCUT2D eigenvalue weighted by atomic mass is 35.5. The second-order valence-electron chi connectivity index (χ2n) is 6.16. The molecule has 0 spiro atoms. The van der Waals surface area contributed by atoms with E-state index >= 15 is 0 Å². The molecule has 1 aliphatic rings. The molecule has 3 amide bonds. The van der Waals surface area contributed by atoms with Crippen LogP contribution in [0.1, 0.15) is 31.5 Å². The molecule has 0 saturated carbocycles. The first-order valence-electron chi connectivity index (χ1n) is 7.98. The molecule has 1 aliphatic heterocycles. The van der Waals surface area contributed by atoms with Gasteiger partial charge in [0.15, 0.2) is 0 Å². The van der Waals surface area contributed by atoms with Gasteiger partial charge < -0.3 is 5.32 Å². The number of hydrogen-bond acceptors (Lipinski definition) is 4. The minimum Gasteiger partial charge on any atom is -0.322 e. The molecule has 136 valence electrons. The van der Waals surface area contributed by atoms with Gasteiger partial charge in [0.05, 0.1) is 23.2 Å². The molecule has 0 unspecified atom stereocenters. The van der Waals surface area contributed by atoms with E-state index in [9.17, 15) is 9.59 Å². The molecule has 26 heavy (non-hydrogen) atoms. The fourth-order valence-electron chi connectivity index (χ4n) is 2.57. The maximum Gasteiger partial charge on any atom is 0.346 e. The van der Waals surface area contributed by atoms with Gasteiger partial charge in [-0.05, 0) is 38.5 Å². The summed E-state index contributed by atoms with van der Waals surface area (Å²) in [5, 5.41) is 12.7. The fourth-order valence-corrected chi connectivity index (χ4v) is 3.07. The quantitative estimate of drug-likeness (QED) is 0.636. The van der Waals surface area contributed by atoms with Crippen molar-refractivity contribution in [2.24, 2.45) is 5.10 Å². The van der Waals surface area contributed by atoms with Crippen LogP contribution in [0.2, 0.25) is 10.2 Å². The molecule has 0 aliphatic carbocycles. The lowest BCUT2D eigenvalue weighted by Crippen LogP contribution is -2.42. The third-order valence-corrected chi connectivity index (χ3v) is 4.95. The molecule has 1 aromatic carbocycles. The molecule has 2 aromatic rings. The van der Waals surface area contributed by atoms with Crippen LogP contribution in [0, 0.1) is 6.92 Å². The van der Waals surface area contributed by atoms with Crippen molar-refractivity contribution in [3.63, 3.8) is 0 Å². The molecule has 3 rings (SSSR count). The number of urea groups is 1. The van der Waals surface area contributed by atoms with E-state index in [-0.39, 0.29) is 0 Å². The summed E-state index contributed by atoms with van der Waals surface area (Å²) in [7, 11) is 0. The maximum absolute atomic E-state index is 12.4. The number of halogens is 2. The summed E-state index contributed by atoms with van der Waals surface area (Å²) in [6, 6.07) is 6.52. The van der Waals surface area contributed by atoms with Crippen LogP contribution in [0.15, 0.2) is 29.4 Å². The molecular weight excluding hydrogens is 377 g/mol. The molecule has 0 radical (unpaired) electrons. The first-order valence-corrected chi connectivity index (χ1v) is 8.74. The van der Waals surface area contributed by atoms with Crippen molar-refractivity contribution in [3.05, 3.63) is 45.7 Å². The number of nitrogens with zero attached hydrogens (tertiary/aromatic N) is 4. The molecule has 2 heterocycles. The number of aromatic nitrogens is 2. The molecule has 1 aromatic heterocycles. The third-order valence-electron chi connectivity index (χ3n) is 4.35. The summed E-state index contributed by atoms with van der Waals surface area (Å²) in [4.78, 5) is 24.4. The molecule has 1 fully saturated rings. The van der Waals surface area contributed by atoms with Crippen LogP contribution in [0.3, 0.4) is 0 Å². The van der Waals surface area contributed by atoms with Crippen molar-refractivity contribution in [3.8, 4) is 5.69 Å². The number of aryl methyl sites for hydroxylation is 1. The average molecular weight is 394 g/mol. The zero-order valence-electron chi connectivity index (χ0n) is 14.5. The first-order chi connectivity index (χ1) is 12.3. The Morgan fingerprint density at radius 2 is 2.08 bits per heavy atom. The predicted octanol–water partition coefficient (Wildman–Crippen LogP) is 3.54. The predicted molar refractivity (Wildman–Crippen MR) is 100.0 cm³/mol. The number of nitrogens with one attached hydrogen (secondary N) is 1. The standard InChI is InChI=1S/C17H17Cl2N5O2/c1-4-17(3)15(25)24(16(26)21-17)20-9-13-10(2)22-23(14(13)19)12-7-5-6-11(18)8-12/h5-9H,4H2,1-3H3,(H,21,26)/b20-9-/t17-/m1/s1. The Bertz CT molecular complexity index is 924. The van der Waals surface area contributed by atoms with Gasteiger partial charge in [0.1, 0.15) is 10.7 Å². The van der Waals surface area contributed by atoms with Crippen LogP contribution in [0.25, 0.3) is 5.69 Å². The van der Waals surface area contributed by atoms with Gasteiger partial charge in [0.2, 0.25) is 0 Å². The summed E-state index contributed by atoms with van der Waals surface area (Å²) in [6.45, 7) is 5.25. The van der Waals surface area contributed by atoms with E-state index in [2.05, 4.69) is 15.5 Å². The van der Waals surface area contributed by atoms with Gasteiger partial charge in [-0.2, -0.15) is 10.2 Å². The van der Waals surface area contributed by atoms with Gasteiger partial charge in [-0.1, -0.05) is 36.2 Å². The SMILES string of the molecule is CC[C@@]1(C)NC(=O)N(/N=C\c2c(C)nn(-c3cccc(Cl)c3)c2Cl)C1=O. The van der Waals surface area contributed by atoms with Crippen molar-refractivity contribution < 1.29 is 9.59 Å². The number of amides is 3. The Balaban J connectivity index is 1.93. The van der Waals surface area contributed by atoms with Crippen molar-refractivity contribution in [2.45, 2.75) is 32.7 Å². The first kappa shape index (κ1) is 18.4. The molecule has 1 N–H and O–H groups in total. The van der Waals surface area contributed by atoms with Crippen molar-refractivity contribution in [1.82, 2.24) is 20.1 Å². The van der Waals surface area contributed by atoms with Gasteiger partial charge in [-0.3, -0.25) is 4.79 Å². The van der Waals surface area contributed by atoms with Gasteiger partial charge in [-0.25, -0.2) is 9.48 Å². The Hall–Kier alpha value is -2.38. The van der Waals surface area contributed by atoms with Crippen LogP contribution in [0.5, 0.6) is 0 Å². The third kappa shape index (κ3) is 3.08. The number of hydrogen-bond donors (Lipinski definition) is 1. The summed E-state index contributed by atoms with van der Waals surface area (Å²) in [5.41, 5.74) is 0.860. The van der Waals surface area contributed by atoms with E-state index in [1.54, 1.807) is 32.0 Å². The summed E-state index contributed by atoms with van der Waals surface area (Å²) < 4.78 is 1.52.